The Labute approximate surface area is 188 Å². The molecule has 0 spiro atoms. The van der Waals surface area contributed by atoms with Gasteiger partial charge in [0.25, 0.3) is 0 Å². The summed E-state index contributed by atoms with van der Waals surface area (Å²) in [5.74, 6) is 0. The van der Waals surface area contributed by atoms with E-state index < -0.39 is 0 Å². The second-order valence-corrected chi connectivity index (χ2v) is 8.57. The topological polar surface area (TPSA) is 3.24 Å². The van der Waals surface area contributed by atoms with Gasteiger partial charge in [0.15, 0.2) is 0 Å². The van der Waals surface area contributed by atoms with Gasteiger partial charge in [0, 0.05) is 17.1 Å². The molecule has 1 nitrogen and oxygen atoms in total. The Kier molecular flexibility index (Phi) is 3.71. The highest BCUT2D eigenvalue weighted by molar-refractivity contribution is 7.01. The molecule has 0 aliphatic carbocycles. The van der Waals surface area contributed by atoms with Gasteiger partial charge in [-0.2, -0.15) is 0 Å². The van der Waals surface area contributed by atoms with Gasteiger partial charge in [0.1, 0.15) is 0 Å². The molecule has 0 unspecified atom stereocenters. The van der Waals surface area contributed by atoms with E-state index in [0.717, 1.165) is 0 Å². The summed E-state index contributed by atoms with van der Waals surface area (Å²) in [6.45, 7) is 0.299. The van der Waals surface area contributed by atoms with Crippen molar-refractivity contribution in [3.63, 3.8) is 0 Å². The second-order valence-electron chi connectivity index (χ2n) is 8.57. The molecule has 0 saturated heterocycles. The van der Waals surface area contributed by atoms with E-state index in [1.54, 1.807) is 0 Å². The number of fused-ring (bicyclic) bond motifs is 5. The first-order valence-corrected chi connectivity index (χ1v) is 11.2. The molecular weight excluding hydrogens is 385 g/mol. The zero-order chi connectivity index (χ0) is 21.1. The fourth-order valence-corrected chi connectivity index (χ4v) is 5.54. The number of para-hydroxylation sites is 1. The number of nitrogens with zero attached hydrogens (tertiary/aromatic N) is 1. The van der Waals surface area contributed by atoms with Gasteiger partial charge in [-0.3, -0.25) is 0 Å². The van der Waals surface area contributed by atoms with E-state index >= 15 is 0 Å². The summed E-state index contributed by atoms with van der Waals surface area (Å²) >= 11 is 0. The largest absolute Gasteiger partial charge is 0.312 e. The van der Waals surface area contributed by atoms with Crippen LogP contribution in [0.15, 0.2) is 121 Å². The summed E-state index contributed by atoms with van der Waals surface area (Å²) in [4.78, 5) is 2.44. The van der Waals surface area contributed by atoms with Crippen molar-refractivity contribution in [3.05, 3.63) is 121 Å². The summed E-state index contributed by atoms with van der Waals surface area (Å²) in [7, 11) is 0. The van der Waals surface area contributed by atoms with Gasteiger partial charge < -0.3 is 4.90 Å². The monoisotopic (exact) mass is 405 g/mol. The second kappa shape index (κ2) is 6.73. The summed E-state index contributed by atoms with van der Waals surface area (Å²) in [5, 5.41) is 0. The van der Waals surface area contributed by atoms with Crippen molar-refractivity contribution in [2.45, 2.75) is 0 Å². The molecule has 0 bridgehead atoms. The molecule has 2 heterocycles. The van der Waals surface area contributed by atoms with E-state index in [0.29, 0.717) is 6.71 Å². The van der Waals surface area contributed by atoms with Crippen LogP contribution in [0.2, 0.25) is 0 Å². The molecule has 7 rings (SSSR count). The minimum Gasteiger partial charge on any atom is -0.312 e. The smallest absolute Gasteiger partial charge is 0.248 e. The Morgan fingerprint density at radius 3 is 1.91 bits per heavy atom. The molecule has 0 saturated carbocycles. The third-order valence-corrected chi connectivity index (χ3v) is 6.90. The molecule has 0 fully saturated rings. The van der Waals surface area contributed by atoms with E-state index in [1.807, 2.05) is 0 Å². The van der Waals surface area contributed by atoms with Crippen molar-refractivity contribution in [1.29, 1.82) is 0 Å². The molecule has 148 valence electrons. The van der Waals surface area contributed by atoms with Crippen molar-refractivity contribution < 1.29 is 0 Å². The first-order valence-electron chi connectivity index (χ1n) is 11.2. The maximum Gasteiger partial charge on any atom is 0.248 e. The summed E-state index contributed by atoms with van der Waals surface area (Å²) in [6, 6.07) is 44.1. The van der Waals surface area contributed by atoms with Crippen LogP contribution in [0.25, 0.3) is 22.3 Å². The standard InChI is InChI=1S/C30H20BN/c1-2-9-21(10-3-1)22-17-19-23(20-18-22)32-28-15-7-6-14-27(28)31-26-13-5-4-11-24(26)25-12-8-16-29(32)30(25)31/h1-20H. The molecule has 2 aliphatic heterocycles. The van der Waals surface area contributed by atoms with E-state index in [-0.39, 0.29) is 0 Å². The number of benzene rings is 5. The molecule has 0 atom stereocenters. The minimum absolute atomic E-state index is 0.299. The highest BCUT2D eigenvalue weighted by Crippen LogP contribution is 2.40. The maximum absolute atomic E-state index is 2.44. The summed E-state index contributed by atoms with van der Waals surface area (Å²) < 4.78 is 0. The van der Waals surface area contributed by atoms with Crippen molar-refractivity contribution in [1.82, 2.24) is 0 Å². The molecule has 0 radical (unpaired) electrons. The minimum atomic E-state index is 0.299. The fourth-order valence-electron chi connectivity index (χ4n) is 5.54. The van der Waals surface area contributed by atoms with Crippen LogP contribution in [0.5, 0.6) is 0 Å². The molecule has 0 N–H and O–H groups in total. The number of hydrogen-bond donors (Lipinski definition) is 0. The lowest BCUT2D eigenvalue weighted by Crippen LogP contribution is -2.54. The third-order valence-electron chi connectivity index (χ3n) is 6.90. The summed E-state index contributed by atoms with van der Waals surface area (Å²) in [6.07, 6.45) is 0. The van der Waals surface area contributed by atoms with Crippen molar-refractivity contribution in [3.8, 4) is 22.3 Å². The number of hydrogen-bond acceptors (Lipinski definition) is 1. The molecule has 2 aliphatic rings. The highest BCUT2D eigenvalue weighted by atomic mass is 15.1. The SMILES string of the molecule is c1ccc(-c2ccc(N3c4ccccc4B4c5ccccc5-c5cccc3c54)cc2)cc1. The van der Waals surface area contributed by atoms with E-state index in [1.165, 1.54) is 55.7 Å². The van der Waals surface area contributed by atoms with Crippen LogP contribution >= 0.6 is 0 Å². The number of anilines is 3. The van der Waals surface area contributed by atoms with Crippen molar-refractivity contribution in [2.75, 3.05) is 4.90 Å². The molecule has 0 aromatic heterocycles. The van der Waals surface area contributed by atoms with Gasteiger partial charge in [-0.1, -0.05) is 103 Å². The maximum atomic E-state index is 2.44. The van der Waals surface area contributed by atoms with E-state index in [2.05, 4.69) is 126 Å². The predicted molar refractivity (Wildman–Crippen MR) is 137 cm³/mol. The Balaban J connectivity index is 1.44. The lowest BCUT2D eigenvalue weighted by Gasteiger charge is -2.35. The normalized spacial score (nSPS) is 12.9. The lowest BCUT2D eigenvalue weighted by atomic mass is 9.37. The molecule has 5 aromatic carbocycles. The third kappa shape index (κ3) is 2.41. The Morgan fingerprint density at radius 2 is 1.06 bits per heavy atom. The quantitative estimate of drug-likeness (QED) is 0.337. The average molecular weight is 405 g/mol. The fraction of sp³-hybridized carbons (Fsp3) is 0. The molecule has 32 heavy (non-hydrogen) atoms. The van der Waals surface area contributed by atoms with Crippen LogP contribution in [0.3, 0.4) is 0 Å². The Hall–Kier alpha value is -4.04. The van der Waals surface area contributed by atoms with Crippen LogP contribution in [0.4, 0.5) is 17.1 Å². The van der Waals surface area contributed by atoms with Crippen LogP contribution in [-0.4, -0.2) is 6.71 Å². The van der Waals surface area contributed by atoms with Gasteiger partial charge >= 0.3 is 0 Å². The zero-order valence-corrected chi connectivity index (χ0v) is 17.6. The van der Waals surface area contributed by atoms with Crippen LogP contribution in [0, 0.1) is 0 Å². The Morgan fingerprint density at radius 1 is 0.438 bits per heavy atom. The van der Waals surface area contributed by atoms with Crippen LogP contribution in [0.1, 0.15) is 0 Å². The van der Waals surface area contributed by atoms with Crippen molar-refractivity contribution in [2.24, 2.45) is 0 Å². The first-order chi connectivity index (χ1) is 15.9. The van der Waals surface area contributed by atoms with Crippen LogP contribution in [-0.2, 0) is 0 Å². The van der Waals surface area contributed by atoms with E-state index in [4.69, 9.17) is 0 Å². The van der Waals surface area contributed by atoms with Gasteiger partial charge in [0.2, 0.25) is 6.71 Å². The van der Waals surface area contributed by atoms with Crippen molar-refractivity contribution >= 4 is 40.2 Å². The average Bonchev–Trinajstić information content (AvgIpc) is 3.21. The van der Waals surface area contributed by atoms with Gasteiger partial charge in [-0.25, -0.2) is 0 Å². The number of rotatable bonds is 2. The van der Waals surface area contributed by atoms with E-state index in [9.17, 15) is 0 Å². The van der Waals surface area contributed by atoms with Gasteiger partial charge in [0.05, 0.1) is 0 Å². The first kappa shape index (κ1) is 17.6. The van der Waals surface area contributed by atoms with Gasteiger partial charge in [-0.05, 0) is 57.4 Å². The Bertz CT molecular complexity index is 1470. The predicted octanol–water partition coefficient (Wildman–Crippen LogP) is 5.63. The van der Waals surface area contributed by atoms with Gasteiger partial charge in [-0.15, -0.1) is 0 Å². The molecule has 0 amide bonds. The molecular formula is C30H20BN. The lowest BCUT2D eigenvalue weighted by molar-refractivity contribution is 1.30. The zero-order valence-electron chi connectivity index (χ0n) is 17.6. The summed E-state index contributed by atoms with van der Waals surface area (Å²) in [5.41, 5.74) is 13.2. The molecule has 2 heteroatoms. The highest BCUT2D eigenvalue weighted by Gasteiger charge is 2.41. The van der Waals surface area contributed by atoms with Crippen LogP contribution < -0.4 is 21.3 Å². The molecule has 5 aromatic rings.